The molecule has 3 atom stereocenters. The number of anilines is 2. The molecule has 1 aliphatic carbocycles. The van der Waals surface area contributed by atoms with Crippen LogP contribution in [0.25, 0.3) is 0 Å². The van der Waals surface area contributed by atoms with Crippen LogP contribution in [-0.4, -0.2) is 35.3 Å². The molecule has 6 rings (SSSR count). The molecule has 3 aromatic rings. The van der Waals surface area contributed by atoms with Crippen LogP contribution in [0.15, 0.2) is 60.7 Å². The Morgan fingerprint density at radius 1 is 0.949 bits per heavy atom. The SMILES string of the molecule is O=C(Nc1ccc(C(=O)N2CC3C4CCC(C4)N3Cc3ccc(Cl)cc32)c(Cl)c1)c1ccccc1C(F)(F)F. The summed E-state index contributed by atoms with van der Waals surface area (Å²) in [5.74, 6) is -0.693. The Morgan fingerprint density at radius 2 is 1.74 bits per heavy atom. The third kappa shape index (κ3) is 4.79. The van der Waals surface area contributed by atoms with Gasteiger partial charge in [0, 0.05) is 41.6 Å². The number of amides is 2. The molecule has 1 N–H and O–H groups in total. The Bertz CT molecular complexity index is 1480. The van der Waals surface area contributed by atoms with Crippen molar-refractivity contribution in [3.63, 3.8) is 0 Å². The molecular weight excluding hydrogens is 550 g/mol. The number of nitrogens with one attached hydrogen (secondary N) is 1. The molecule has 2 bridgehead atoms. The van der Waals surface area contributed by atoms with Gasteiger partial charge in [0.05, 0.1) is 21.7 Å². The van der Waals surface area contributed by atoms with Crippen LogP contribution in [-0.2, 0) is 12.7 Å². The number of halogens is 5. The van der Waals surface area contributed by atoms with Crippen LogP contribution >= 0.6 is 23.2 Å². The number of hydrogen-bond acceptors (Lipinski definition) is 3. The standard InChI is InChI=1S/C29H24Cl2F3N3O2/c30-18-7-5-17-14-36-20-9-6-16(11-20)26(36)15-37(25(17)12-18)28(39)22-10-8-19(13-24(22)31)35-27(38)21-3-1-2-4-23(21)29(32,33)34/h1-5,7-8,10,12-13,16,20,26H,6,9,11,14-15H2,(H,35,38). The van der Waals surface area contributed by atoms with Gasteiger partial charge in [0.15, 0.2) is 0 Å². The van der Waals surface area contributed by atoms with Crippen LogP contribution in [0, 0.1) is 5.92 Å². The first kappa shape index (κ1) is 26.2. The second kappa shape index (κ2) is 9.84. The molecule has 0 radical (unpaired) electrons. The number of rotatable bonds is 3. The monoisotopic (exact) mass is 573 g/mol. The molecule has 10 heteroatoms. The molecule has 3 unspecified atom stereocenters. The van der Waals surface area contributed by atoms with Crippen molar-refractivity contribution in [2.75, 3.05) is 16.8 Å². The first-order valence-electron chi connectivity index (χ1n) is 12.7. The second-order valence-corrected chi connectivity index (χ2v) is 11.2. The largest absolute Gasteiger partial charge is 0.417 e. The number of carbonyl (C=O) groups excluding carboxylic acids is 2. The fourth-order valence-corrected chi connectivity index (χ4v) is 6.75. The lowest BCUT2D eigenvalue weighted by molar-refractivity contribution is -0.137. The Kier molecular flexibility index (Phi) is 6.60. The van der Waals surface area contributed by atoms with Crippen LogP contribution < -0.4 is 10.2 Å². The summed E-state index contributed by atoms with van der Waals surface area (Å²) in [6.45, 7) is 1.26. The number of piperidine rings is 1. The van der Waals surface area contributed by atoms with E-state index in [1.165, 1.54) is 36.8 Å². The van der Waals surface area contributed by atoms with E-state index in [-0.39, 0.29) is 28.2 Å². The lowest BCUT2D eigenvalue weighted by Crippen LogP contribution is -2.46. The maximum atomic E-state index is 13.9. The molecule has 0 aromatic heterocycles. The summed E-state index contributed by atoms with van der Waals surface area (Å²) in [5.41, 5.74) is 0.637. The number of hydrogen-bond donors (Lipinski definition) is 1. The van der Waals surface area contributed by atoms with Gasteiger partial charge in [0.25, 0.3) is 11.8 Å². The van der Waals surface area contributed by atoms with E-state index >= 15 is 0 Å². The van der Waals surface area contributed by atoms with Gasteiger partial charge in [-0.15, -0.1) is 0 Å². The molecule has 2 aliphatic heterocycles. The smallest absolute Gasteiger partial charge is 0.322 e. The average molecular weight is 574 g/mol. The van der Waals surface area contributed by atoms with Gasteiger partial charge in [0.2, 0.25) is 0 Å². The van der Waals surface area contributed by atoms with Gasteiger partial charge in [-0.25, -0.2) is 0 Å². The molecule has 2 amide bonds. The minimum Gasteiger partial charge on any atom is -0.322 e. The number of carbonyl (C=O) groups is 2. The highest BCUT2D eigenvalue weighted by Gasteiger charge is 2.48. The van der Waals surface area contributed by atoms with E-state index in [2.05, 4.69) is 10.2 Å². The normalized spacial score (nSPS) is 22.3. The van der Waals surface area contributed by atoms with Crippen molar-refractivity contribution in [3.05, 3.63) is 93.0 Å². The topological polar surface area (TPSA) is 52.7 Å². The van der Waals surface area contributed by atoms with Crippen molar-refractivity contribution < 1.29 is 22.8 Å². The van der Waals surface area contributed by atoms with Crippen molar-refractivity contribution >= 4 is 46.4 Å². The second-order valence-electron chi connectivity index (χ2n) is 10.3. The van der Waals surface area contributed by atoms with Gasteiger partial charge in [0.1, 0.15) is 0 Å². The van der Waals surface area contributed by atoms with Crippen LogP contribution in [0.4, 0.5) is 24.5 Å². The molecule has 2 heterocycles. The van der Waals surface area contributed by atoms with Gasteiger partial charge in [-0.1, -0.05) is 41.4 Å². The van der Waals surface area contributed by atoms with Crippen LogP contribution in [0.1, 0.15) is 51.1 Å². The summed E-state index contributed by atoms with van der Waals surface area (Å²) in [4.78, 5) is 30.9. The highest BCUT2D eigenvalue weighted by atomic mass is 35.5. The predicted octanol–water partition coefficient (Wildman–Crippen LogP) is 7.28. The van der Waals surface area contributed by atoms with Crippen molar-refractivity contribution in [3.8, 4) is 0 Å². The Balaban J connectivity index is 1.28. The number of benzene rings is 3. The van der Waals surface area contributed by atoms with E-state index in [0.717, 1.165) is 42.8 Å². The number of fused-ring (bicyclic) bond motifs is 6. The van der Waals surface area contributed by atoms with Crippen LogP contribution in [0.5, 0.6) is 0 Å². The fourth-order valence-electron chi connectivity index (χ4n) is 6.32. The Labute approximate surface area is 233 Å². The van der Waals surface area contributed by atoms with Crippen molar-refractivity contribution in [1.82, 2.24) is 4.90 Å². The summed E-state index contributed by atoms with van der Waals surface area (Å²) < 4.78 is 40.1. The molecule has 5 nitrogen and oxygen atoms in total. The summed E-state index contributed by atoms with van der Waals surface area (Å²) >= 11 is 12.9. The predicted molar refractivity (Wildman–Crippen MR) is 144 cm³/mol. The third-order valence-corrected chi connectivity index (χ3v) is 8.67. The molecule has 202 valence electrons. The molecule has 39 heavy (non-hydrogen) atoms. The first-order chi connectivity index (χ1) is 18.6. The zero-order valence-corrected chi connectivity index (χ0v) is 22.2. The molecule has 2 fully saturated rings. The minimum atomic E-state index is -4.68. The molecule has 3 aromatic carbocycles. The van der Waals surface area contributed by atoms with Gasteiger partial charge < -0.3 is 10.2 Å². The highest BCUT2D eigenvalue weighted by Crippen LogP contribution is 2.46. The van der Waals surface area contributed by atoms with E-state index in [1.54, 1.807) is 11.0 Å². The lowest BCUT2D eigenvalue weighted by Gasteiger charge is -2.35. The Morgan fingerprint density at radius 3 is 2.51 bits per heavy atom. The van der Waals surface area contributed by atoms with Crippen molar-refractivity contribution in [2.45, 2.75) is 44.1 Å². The lowest BCUT2D eigenvalue weighted by atomic mass is 9.98. The van der Waals surface area contributed by atoms with Crippen LogP contribution in [0.3, 0.4) is 0 Å². The summed E-state index contributed by atoms with van der Waals surface area (Å²) in [5, 5.41) is 3.08. The number of alkyl halides is 3. The molecule has 3 aliphatic rings. The van der Waals surface area contributed by atoms with Crippen molar-refractivity contribution in [1.29, 1.82) is 0 Å². The molecule has 0 spiro atoms. The van der Waals surface area contributed by atoms with E-state index < -0.39 is 23.2 Å². The zero-order chi connectivity index (χ0) is 27.5. The number of nitrogens with zero attached hydrogens (tertiary/aromatic N) is 2. The third-order valence-electron chi connectivity index (χ3n) is 8.12. The van der Waals surface area contributed by atoms with Crippen LogP contribution in [0.2, 0.25) is 10.0 Å². The van der Waals surface area contributed by atoms with Gasteiger partial charge >= 0.3 is 6.18 Å². The first-order valence-corrected chi connectivity index (χ1v) is 13.5. The maximum absolute atomic E-state index is 13.9. The van der Waals surface area contributed by atoms with E-state index in [1.807, 2.05) is 12.1 Å². The molecule has 1 saturated heterocycles. The summed E-state index contributed by atoms with van der Waals surface area (Å²) in [6.07, 6.45) is -1.22. The van der Waals surface area contributed by atoms with E-state index in [9.17, 15) is 22.8 Å². The van der Waals surface area contributed by atoms with Gasteiger partial charge in [-0.2, -0.15) is 13.2 Å². The molecule has 1 saturated carbocycles. The van der Waals surface area contributed by atoms with Crippen molar-refractivity contribution in [2.24, 2.45) is 5.92 Å². The summed E-state index contributed by atoms with van der Waals surface area (Å²) in [7, 11) is 0. The average Bonchev–Trinajstić information content (AvgIpc) is 3.45. The van der Waals surface area contributed by atoms with E-state index in [4.69, 9.17) is 23.2 Å². The summed E-state index contributed by atoms with van der Waals surface area (Å²) in [6, 6.07) is 15.2. The maximum Gasteiger partial charge on any atom is 0.417 e. The van der Waals surface area contributed by atoms with E-state index in [0.29, 0.717) is 23.5 Å². The minimum absolute atomic E-state index is 0.0829. The molecular formula is C29H24Cl2F3N3O2. The zero-order valence-electron chi connectivity index (χ0n) is 20.6. The van der Waals surface area contributed by atoms with Gasteiger partial charge in [-0.3, -0.25) is 14.5 Å². The fraction of sp³-hybridized carbons (Fsp3) is 0.310. The Hall–Kier alpha value is -3.07. The quantitative estimate of drug-likeness (QED) is 0.358. The van der Waals surface area contributed by atoms with Gasteiger partial charge in [-0.05, 0) is 73.2 Å². The highest BCUT2D eigenvalue weighted by molar-refractivity contribution is 6.35.